The number of carboxylic acids is 1. The van der Waals surface area contributed by atoms with E-state index in [1.165, 1.54) is 11.8 Å². The molecular formula is C13H15ClN2O2S. The van der Waals surface area contributed by atoms with E-state index in [9.17, 15) is 9.90 Å². The maximum atomic E-state index is 11.2. The Bertz CT molecular complexity index is 624. The van der Waals surface area contributed by atoms with Crippen LogP contribution < -0.4 is 0 Å². The lowest BCUT2D eigenvalue weighted by Crippen LogP contribution is -2.22. The van der Waals surface area contributed by atoms with Gasteiger partial charge >= 0.3 is 5.97 Å². The van der Waals surface area contributed by atoms with Crippen LogP contribution in [0, 0.1) is 5.92 Å². The highest BCUT2D eigenvalue weighted by atomic mass is 35.5. The summed E-state index contributed by atoms with van der Waals surface area (Å²) in [5, 5.41) is 10.0. The van der Waals surface area contributed by atoms with Gasteiger partial charge in [-0.15, -0.1) is 0 Å². The molecule has 1 heterocycles. The predicted octanol–water partition coefficient (Wildman–Crippen LogP) is 3.43. The summed E-state index contributed by atoms with van der Waals surface area (Å²) in [5.74, 6) is -0.781. The molecule has 1 atom stereocenters. The number of aryl methyl sites for hydroxylation is 1. The number of thioether (sulfide) groups is 1. The molecule has 0 aliphatic rings. The molecule has 0 fully saturated rings. The fourth-order valence-electron chi connectivity index (χ4n) is 1.84. The third-order valence-electron chi connectivity index (χ3n) is 2.88. The van der Waals surface area contributed by atoms with E-state index < -0.39 is 11.2 Å². The van der Waals surface area contributed by atoms with E-state index in [0.717, 1.165) is 11.0 Å². The first-order valence-corrected chi connectivity index (χ1v) is 7.17. The molecule has 0 aliphatic carbocycles. The Hall–Kier alpha value is -1.20. The third-order valence-corrected chi connectivity index (χ3v) is 4.69. The molecule has 4 nitrogen and oxygen atoms in total. The first kappa shape index (κ1) is 14.2. The zero-order valence-electron chi connectivity index (χ0n) is 10.9. The normalized spacial score (nSPS) is 13.1. The van der Waals surface area contributed by atoms with Gasteiger partial charge in [-0.25, -0.2) is 4.98 Å². The largest absolute Gasteiger partial charge is 0.480 e. The van der Waals surface area contributed by atoms with Crippen molar-refractivity contribution in [2.24, 2.45) is 13.0 Å². The molecule has 0 radical (unpaired) electrons. The van der Waals surface area contributed by atoms with Gasteiger partial charge in [-0.1, -0.05) is 37.2 Å². The van der Waals surface area contributed by atoms with E-state index in [1.807, 2.05) is 31.5 Å². The molecule has 2 rings (SSSR count). The van der Waals surface area contributed by atoms with Gasteiger partial charge in [0.15, 0.2) is 5.16 Å². The van der Waals surface area contributed by atoms with Crippen molar-refractivity contribution >= 4 is 40.4 Å². The number of aromatic nitrogens is 2. The molecule has 0 aliphatic heterocycles. The number of aliphatic carboxylic acids is 1. The van der Waals surface area contributed by atoms with Crippen molar-refractivity contribution in [1.82, 2.24) is 9.55 Å². The van der Waals surface area contributed by atoms with Gasteiger partial charge in [-0.05, 0) is 24.1 Å². The van der Waals surface area contributed by atoms with Crippen LogP contribution in [0.15, 0.2) is 23.4 Å². The SMILES string of the molecule is CC(C)C(Sc1nc2cc(Cl)ccc2n1C)C(=O)O. The van der Waals surface area contributed by atoms with Crippen LogP contribution in [0.2, 0.25) is 5.02 Å². The fourth-order valence-corrected chi connectivity index (χ4v) is 3.02. The maximum absolute atomic E-state index is 11.2. The topological polar surface area (TPSA) is 55.1 Å². The Kier molecular flexibility index (Phi) is 4.06. The molecule has 0 amide bonds. The zero-order chi connectivity index (χ0) is 14.2. The number of carbonyl (C=O) groups is 1. The Morgan fingerprint density at radius 2 is 2.16 bits per heavy atom. The fraction of sp³-hybridized carbons (Fsp3) is 0.385. The molecule has 0 bridgehead atoms. The molecule has 1 aromatic carbocycles. The Morgan fingerprint density at radius 1 is 1.47 bits per heavy atom. The average molecular weight is 299 g/mol. The highest BCUT2D eigenvalue weighted by molar-refractivity contribution is 8.00. The molecule has 0 spiro atoms. The van der Waals surface area contributed by atoms with Crippen molar-refractivity contribution < 1.29 is 9.90 Å². The molecule has 6 heteroatoms. The van der Waals surface area contributed by atoms with Gasteiger partial charge in [0.1, 0.15) is 5.25 Å². The highest BCUT2D eigenvalue weighted by Crippen LogP contribution is 2.30. The van der Waals surface area contributed by atoms with Crippen LogP contribution in [-0.4, -0.2) is 25.9 Å². The van der Waals surface area contributed by atoms with Crippen molar-refractivity contribution in [3.05, 3.63) is 23.2 Å². The van der Waals surface area contributed by atoms with Crippen molar-refractivity contribution in [3.8, 4) is 0 Å². The van der Waals surface area contributed by atoms with Crippen molar-refractivity contribution in [1.29, 1.82) is 0 Å². The summed E-state index contributed by atoms with van der Waals surface area (Å²) in [6.07, 6.45) is 0. The molecular weight excluding hydrogens is 284 g/mol. The van der Waals surface area contributed by atoms with E-state index >= 15 is 0 Å². The number of hydrogen-bond donors (Lipinski definition) is 1. The van der Waals surface area contributed by atoms with Crippen LogP contribution in [0.25, 0.3) is 11.0 Å². The monoisotopic (exact) mass is 298 g/mol. The van der Waals surface area contributed by atoms with Gasteiger partial charge in [-0.3, -0.25) is 4.79 Å². The number of nitrogens with zero attached hydrogens (tertiary/aromatic N) is 2. The van der Waals surface area contributed by atoms with Crippen LogP contribution in [0.3, 0.4) is 0 Å². The second-order valence-electron chi connectivity index (χ2n) is 4.71. The molecule has 1 N–H and O–H groups in total. The number of hydrogen-bond acceptors (Lipinski definition) is 3. The molecule has 2 aromatic rings. The summed E-state index contributed by atoms with van der Waals surface area (Å²) >= 11 is 7.21. The van der Waals surface area contributed by atoms with E-state index in [-0.39, 0.29) is 5.92 Å². The predicted molar refractivity (Wildman–Crippen MR) is 77.8 cm³/mol. The van der Waals surface area contributed by atoms with E-state index in [0.29, 0.717) is 10.2 Å². The first-order chi connectivity index (χ1) is 8.90. The van der Waals surface area contributed by atoms with E-state index in [4.69, 9.17) is 11.6 Å². The summed E-state index contributed by atoms with van der Waals surface area (Å²) in [6.45, 7) is 3.79. The lowest BCUT2D eigenvalue weighted by Gasteiger charge is -2.14. The molecule has 0 saturated carbocycles. The number of carboxylic acid groups (broad SMARTS) is 1. The Balaban J connectivity index is 2.40. The lowest BCUT2D eigenvalue weighted by atomic mass is 10.1. The van der Waals surface area contributed by atoms with Crippen LogP contribution in [-0.2, 0) is 11.8 Å². The molecule has 0 saturated heterocycles. The van der Waals surface area contributed by atoms with Gasteiger partial charge in [0.2, 0.25) is 0 Å². The second-order valence-corrected chi connectivity index (χ2v) is 6.25. The van der Waals surface area contributed by atoms with Crippen molar-refractivity contribution in [2.75, 3.05) is 0 Å². The number of rotatable bonds is 4. The van der Waals surface area contributed by atoms with Crippen LogP contribution in [0.5, 0.6) is 0 Å². The van der Waals surface area contributed by atoms with Crippen LogP contribution >= 0.6 is 23.4 Å². The molecule has 102 valence electrons. The number of fused-ring (bicyclic) bond motifs is 1. The Morgan fingerprint density at radius 3 is 2.74 bits per heavy atom. The Labute approximate surface area is 120 Å². The molecule has 1 aromatic heterocycles. The number of benzene rings is 1. The highest BCUT2D eigenvalue weighted by Gasteiger charge is 2.25. The van der Waals surface area contributed by atoms with Crippen molar-refractivity contribution in [3.63, 3.8) is 0 Å². The summed E-state index contributed by atoms with van der Waals surface area (Å²) in [4.78, 5) is 15.7. The quantitative estimate of drug-likeness (QED) is 0.879. The minimum Gasteiger partial charge on any atom is -0.480 e. The van der Waals surface area contributed by atoms with Gasteiger partial charge in [0.25, 0.3) is 0 Å². The van der Waals surface area contributed by atoms with Gasteiger partial charge in [0, 0.05) is 12.1 Å². The zero-order valence-corrected chi connectivity index (χ0v) is 12.5. The standard InChI is InChI=1S/C13H15ClN2O2S/c1-7(2)11(12(17)18)19-13-15-9-6-8(14)4-5-10(9)16(13)3/h4-7,11H,1-3H3,(H,17,18). The number of halogens is 1. The second kappa shape index (κ2) is 5.43. The smallest absolute Gasteiger partial charge is 0.317 e. The summed E-state index contributed by atoms with van der Waals surface area (Å²) < 4.78 is 1.90. The van der Waals surface area contributed by atoms with E-state index in [1.54, 1.807) is 12.1 Å². The first-order valence-electron chi connectivity index (χ1n) is 5.91. The molecule has 1 unspecified atom stereocenters. The minimum atomic E-state index is -0.815. The average Bonchev–Trinajstić information content (AvgIpc) is 2.61. The van der Waals surface area contributed by atoms with Gasteiger partial charge in [0.05, 0.1) is 11.0 Å². The van der Waals surface area contributed by atoms with Crippen LogP contribution in [0.4, 0.5) is 0 Å². The molecule has 19 heavy (non-hydrogen) atoms. The maximum Gasteiger partial charge on any atom is 0.317 e. The number of imidazole rings is 1. The van der Waals surface area contributed by atoms with E-state index in [2.05, 4.69) is 4.98 Å². The minimum absolute atomic E-state index is 0.0332. The van der Waals surface area contributed by atoms with Crippen molar-refractivity contribution in [2.45, 2.75) is 24.3 Å². The summed E-state index contributed by atoms with van der Waals surface area (Å²) in [7, 11) is 1.88. The third kappa shape index (κ3) is 2.87. The van der Waals surface area contributed by atoms with Crippen LogP contribution in [0.1, 0.15) is 13.8 Å². The van der Waals surface area contributed by atoms with Gasteiger partial charge < -0.3 is 9.67 Å². The summed E-state index contributed by atoms with van der Waals surface area (Å²) in [6, 6.07) is 5.48. The lowest BCUT2D eigenvalue weighted by molar-refractivity contribution is -0.137. The summed E-state index contributed by atoms with van der Waals surface area (Å²) in [5.41, 5.74) is 1.73. The van der Waals surface area contributed by atoms with Gasteiger partial charge in [-0.2, -0.15) is 0 Å².